The maximum absolute atomic E-state index is 6.06. The van der Waals surface area contributed by atoms with Crippen LogP contribution >= 0.6 is 39.1 Å². The van der Waals surface area contributed by atoms with Crippen LogP contribution in [-0.4, -0.2) is 6.79 Å². The van der Waals surface area contributed by atoms with E-state index in [2.05, 4.69) is 15.9 Å². The molecule has 5 heteroatoms. The highest BCUT2D eigenvalue weighted by Crippen LogP contribution is 2.43. The van der Waals surface area contributed by atoms with E-state index in [1.165, 1.54) is 0 Å². The van der Waals surface area contributed by atoms with Crippen LogP contribution in [0.4, 0.5) is 0 Å². The molecule has 0 amide bonds. The van der Waals surface area contributed by atoms with Crippen LogP contribution in [0.5, 0.6) is 11.5 Å². The molecule has 0 spiro atoms. The quantitative estimate of drug-likeness (QED) is 0.601. The van der Waals surface area contributed by atoms with Gasteiger partial charge in [-0.05, 0) is 36.4 Å². The molecule has 3 rings (SSSR count). The van der Waals surface area contributed by atoms with Gasteiger partial charge in [0.15, 0.2) is 0 Å². The van der Waals surface area contributed by atoms with Gasteiger partial charge in [0.1, 0.15) is 11.5 Å². The average Bonchev–Trinajstić information content (AvgIpc) is 2.39. The summed E-state index contributed by atoms with van der Waals surface area (Å²) in [5.74, 6) is 1.49. The van der Waals surface area contributed by atoms with Crippen LogP contribution in [0.2, 0.25) is 10.0 Å². The normalized spacial score (nSPS) is 14.5. The summed E-state index contributed by atoms with van der Waals surface area (Å²) in [5.41, 5.74) is 1.92. The molecule has 0 atom stereocenters. The minimum absolute atomic E-state index is 0.0878. The zero-order valence-electron chi connectivity index (χ0n) is 9.70. The number of rotatable bonds is 0. The second-order valence-electron chi connectivity index (χ2n) is 4.13. The van der Waals surface area contributed by atoms with Crippen molar-refractivity contribution in [3.63, 3.8) is 0 Å². The first-order chi connectivity index (χ1) is 9.15. The summed E-state index contributed by atoms with van der Waals surface area (Å²) in [6.45, 7) is 0.156. The summed E-state index contributed by atoms with van der Waals surface area (Å²) in [6, 6.07) is 11.0. The molecule has 1 aliphatic heterocycles. The van der Waals surface area contributed by atoms with Crippen molar-refractivity contribution < 1.29 is 9.47 Å². The summed E-state index contributed by atoms with van der Waals surface area (Å²) in [7, 11) is 0. The second kappa shape index (κ2) is 5.23. The van der Waals surface area contributed by atoms with Crippen LogP contribution in [0.15, 0.2) is 36.4 Å². The standard InChI is InChI=1S/C14H9BrCl2O2/c15-14-10-5-8(16)1-3-12(10)18-7-19-13-4-2-9(17)6-11(13)14/h1-6,14H,7H2. The zero-order valence-corrected chi connectivity index (χ0v) is 12.8. The SMILES string of the molecule is Clc1ccc2c(c1)C(Br)c1cc(Cl)ccc1OCO2. The lowest BCUT2D eigenvalue weighted by Gasteiger charge is -2.23. The maximum Gasteiger partial charge on any atom is 0.230 e. The van der Waals surface area contributed by atoms with Gasteiger partial charge in [0.2, 0.25) is 6.79 Å². The van der Waals surface area contributed by atoms with Gasteiger partial charge in [-0.1, -0.05) is 39.1 Å². The van der Waals surface area contributed by atoms with Crippen molar-refractivity contribution in [1.82, 2.24) is 0 Å². The van der Waals surface area contributed by atoms with E-state index in [0.29, 0.717) is 10.0 Å². The summed E-state index contributed by atoms with van der Waals surface area (Å²) >= 11 is 15.8. The first kappa shape index (κ1) is 13.1. The number of fused-ring (bicyclic) bond motifs is 2. The largest absolute Gasteiger partial charge is 0.457 e. The molecule has 98 valence electrons. The summed E-state index contributed by atoms with van der Waals surface area (Å²) in [5, 5.41) is 1.33. The fourth-order valence-corrected chi connectivity index (χ4v) is 3.10. The topological polar surface area (TPSA) is 18.5 Å². The zero-order chi connectivity index (χ0) is 13.4. The van der Waals surface area contributed by atoms with Gasteiger partial charge in [0.25, 0.3) is 0 Å². The van der Waals surface area contributed by atoms with Crippen molar-refractivity contribution >= 4 is 39.1 Å². The highest BCUT2D eigenvalue weighted by Gasteiger charge is 2.22. The van der Waals surface area contributed by atoms with Crippen molar-refractivity contribution in [1.29, 1.82) is 0 Å². The monoisotopic (exact) mass is 358 g/mol. The van der Waals surface area contributed by atoms with Crippen LogP contribution in [0.3, 0.4) is 0 Å². The number of halogens is 3. The van der Waals surface area contributed by atoms with E-state index in [-0.39, 0.29) is 11.6 Å². The first-order valence-electron chi connectivity index (χ1n) is 5.64. The van der Waals surface area contributed by atoms with Gasteiger partial charge in [-0.15, -0.1) is 0 Å². The maximum atomic E-state index is 6.06. The van der Waals surface area contributed by atoms with E-state index in [1.54, 1.807) is 12.1 Å². The fourth-order valence-electron chi connectivity index (χ4n) is 2.02. The van der Waals surface area contributed by atoms with Crippen LogP contribution in [0, 0.1) is 0 Å². The Morgan fingerprint density at radius 2 is 1.37 bits per heavy atom. The van der Waals surface area contributed by atoms with Crippen molar-refractivity contribution in [2.24, 2.45) is 0 Å². The third-order valence-corrected chi connectivity index (χ3v) is 4.38. The van der Waals surface area contributed by atoms with E-state index in [1.807, 2.05) is 24.3 Å². The lowest BCUT2D eigenvalue weighted by Crippen LogP contribution is -2.12. The van der Waals surface area contributed by atoms with Crippen LogP contribution in [0.25, 0.3) is 0 Å². The molecule has 0 radical (unpaired) electrons. The highest BCUT2D eigenvalue weighted by atomic mass is 79.9. The molecular weight excluding hydrogens is 351 g/mol. The van der Waals surface area contributed by atoms with Gasteiger partial charge in [-0.25, -0.2) is 0 Å². The van der Waals surface area contributed by atoms with Gasteiger partial charge in [0.05, 0.1) is 4.83 Å². The lowest BCUT2D eigenvalue weighted by atomic mass is 10.0. The Bertz CT molecular complexity index is 577. The Balaban J connectivity index is 2.17. The molecule has 2 nitrogen and oxygen atoms in total. The van der Waals surface area contributed by atoms with E-state index in [9.17, 15) is 0 Å². The summed E-state index contributed by atoms with van der Waals surface area (Å²) in [6.07, 6.45) is 0. The van der Waals surface area contributed by atoms with Gasteiger partial charge in [-0.3, -0.25) is 0 Å². The van der Waals surface area contributed by atoms with E-state index < -0.39 is 0 Å². The lowest BCUT2D eigenvalue weighted by molar-refractivity contribution is 0.115. The minimum atomic E-state index is -0.0878. The average molecular weight is 360 g/mol. The Morgan fingerprint density at radius 3 is 1.84 bits per heavy atom. The van der Waals surface area contributed by atoms with E-state index in [4.69, 9.17) is 32.7 Å². The first-order valence-corrected chi connectivity index (χ1v) is 7.31. The summed E-state index contributed by atoms with van der Waals surface area (Å²) in [4.78, 5) is -0.0878. The van der Waals surface area contributed by atoms with Crippen molar-refractivity contribution in [3.8, 4) is 11.5 Å². The number of benzene rings is 2. The smallest absolute Gasteiger partial charge is 0.230 e. The number of ether oxygens (including phenoxy) is 2. The van der Waals surface area contributed by atoms with Crippen LogP contribution < -0.4 is 9.47 Å². The molecule has 19 heavy (non-hydrogen) atoms. The Kier molecular flexibility index (Phi) is 3.61. The highest BCUT2D eigenvalue weighted by molar-refractivity contribution is 9.09. The van der Waals surface area contributed by atoms with Crippen molar-refractivity contribution in [2.45, 2.75) is 4.83 Å². The number of hydrogen-bond acceptors (Lipinski definition) is 2. The molecule has 0 aliphatic carbocycles. The molecule has 0 bridgehead atoms. The van der Waals surface area contributed by atoms with Crippen molar-refractivity contribution in [2.75, 3.05) is 6.79 Å². The molecule has 0 fully saturated rings. The van der Waals surface area contributed by atoms with Gasteiger partial charge in [-0.2, -0.15) is 0 Å². The molecule has 2 aromatic rings. The van der Waals surface area contributed by atoms with E-state index >= 15 is 0 Å². The fraction of sp³-hybridized carbons (Fsp3) is 0.143. The van der Waals surface area contributed by atoms with Gasteiger partial charge < -0.3 is 9.47 Å². The van der Waals surface area contributed by atoms with Crippen LogP contribution in [-0.2, 0) is 0 Å². The summed E-state index contributed by atoms with van der Waals surface area (Å²) < 4.78 is 11.2. The van der Waals surface area contributed by atoms with Crippen LogP contribution in [0.1, 0.15) is 16.0 Å². The second-order valence-corrected chi connectivity index (χ2v) is 5.92. The predicted molar refractivity (Wildman–Crippen MR) is 79.8 cm³/mol. The number of alkyl halides is 1. The Hall–Kier alpha value is -0.900. The Morgan fingerprint density at radius 1 is 0.895 bits per heavy atom. The molecular formula is C14H9BrCl2O2. The van der Waals surface area contributed by atoms with Gasteiger partial charge >= 0.3 is 0 Å². The molecule has 0 saturated carbocycles. The molecule has 2 aromatic carbocycles. The third-order valence-electron chi connectivity index (χ3n) is 2.92. The molecule has 0 saturated heterocycles. The molecule has 1 aliphatic rings. The molecule has 0 aromatic heterocycles. The third kappa shape index (κ3) is 2.55. The van der Waals surface area contributed by atoms with Crippen molar-refractivity contribution in [3.05, 3.63) is 57.6 Å². The predicted octanol–water partition coefficient (Wildman–Crippen LogP) is 5.21. The Labute approximate surface area is 129 Å². The molecule has 1 heterocycles. The number of hydrogen-bond donors (Lipinski definition) is 0. The minimum Gasteiger partial charge on any atom is -0.457 e. The molecule has 0 unspecified atom stereocenters. The van der Waals surface area contributed by atoms with E-state index in [0.717, 1.165) is 22.6 Å². The molecule has 0 N–H and O–H groups in total. The van der Waals surface area contributed by atoms with Gasteiger partial charge in [0, 0.05) is 21.2 Å².